The van der Waals surface area contributed by atoms with Gasteiger partial charge in [0.15, 0.2) is 0 Å². The molecule has 4 heterocycles. The molecule has 2 aromatic rings. The number of carbonyl (C=O) groups is 2. The smallest absolute Gasteiger partial charge is 0.264 e. The van der Waals surface area contributed by atoms with Gasteiger partial charge in [-0.1, -0.05) is 6.07 Å². The average Bonchev–Trinajstić information content (AvgIpc) is 3.19. The first-order chi connectivity index (χ1) is 15.1. The number of morpholine rings is 2. The Bertz CT molecular complexity index is 930. The van der Waals surface area contributed by atoms with Crippen molar-refractivity contribution in [1.29, 1.82) is 0 Å². The summed E-state index contributed by atoms with van der Waals surface area (Å²) in [4.78, 5) is 37.2. The number of hydrogen-bond donors (Lipinski definition) is 1. The van der Waals surface area contributed by atoms with E-state index in [0.717, 1.165) is 28.9 Å². The normalized spacial score (nSPS) is 20.2. The van der Waals surface area contributed by atoms with Crippen LogP contribution in [0, 0.1) is 0 Å². The molecule has 9 nitrogen and oxygen atoms in total. The van der Waals surface area contributed by atoms with Crippen LogP contribution in [0.1, 0.15) is 21.3 Å². The highest BCUT2D eigenvalue weighted by Crippen LogP contribution is 2.37. The molecule has 0 spiro atoms. The van der Waals surface area contributed by atoms with Crippen molar-refractivity contribution in [2.75, 3.05) is 72.7 Å². The topological polar surface area (TPSA) is 95.4 Å². The number of likely N-dealkylation sites (N-methyl/N-ethyl adjacent to an activating group) is 1. The van der Waals surface area contributed by atoms with Gasteiger partial charge in [-0.2, -0.15) is 0 Å². The fourth-order valence-corrected chi connectivity index (χ4v) is 5.14. The molecular formula is C21H28N4O5S. The van der Waals surface area contributed by atoms with Gasteiger partial charge in [0, 0.05) is 50.4 Å². The van der Waals surface area contributed by atoms with E-state index in [4.69, 9.17) is 9.47 Å². The fourth-order valence-electron chi connectivity index (χ4n) is 3.96. The minimum absolute atomic E-state index is 0.0677. The summed E-state index contributed by atoms with van der Waals surface area (Å²) in [5.74, 6) is -0.106. The number of aliphatic hydroxyl groups is 1. The number of aromatic nitrogens is 1. The SMILES string of the molecule is CN(CCO)C(=O)c1sc2ncccc2c1[C@@H]1CN(C(=O)CN2CCOCC2)CCO1. The van der Waals surface area contributed by atoms with E-state index in [0.29, 0.717) is 44.3 Å². The Balaban J connectivity index is 1.57. The number of fused-ring (bicyclic) bond motifs is 1. The lowest BCUT2D eigenvalue weighted by molar-refractivity contribution is -0.141. The molecule has 2 fully saturated rings. The number of aliphatic hydroxyl groups excluding tert-OH is 1. The monoisotopic (exact) mass is 448 g/mol. The molecule has 1 N–H and O–H groups in total. The van der Waals surface area contributed by atoms with E-state index in [1.165, 1.54) is 16.2 Å². The van der Waals surface area contributed by atoms with E-state index in [2.05, 4.69) is 9.88 Å². The summed E-state index contributed by atoms with van der Waals surface area (Å²) >= 11 is 1.33. The summed E-state index contributed by atoms with van der Waals surface area (Å²) in [5, 5.41) is 10.1. The van der Waals surface area contributed by atoms with Gasteiger partial charge < -0.3 is 24.4 Å². The molecule has 2 aliphatic heterocycles. The van der Waals surface area contributed by atoms with Crippen LogP contribution in [0.5, 0.6) is 0 Å². The molecule has 31 heavy (non-hydrogen) atoms. The highest BCUT2D eigenvalue weighted by Gasteiger charge is 2.33. The van der Waals surface area contributed by atoms with Crippen molar-refractivity contribution in [2.24, 2.45) is 0 Å². The number of rotatable bonds is 6. The van der Waals surface area contributed by atoms with E-state index < -0.39 is 6.10 Å². The van der Waals surface area contributed by atoms with Crippen molar-refractivity contribution in [3.05, 3.63) is 28.8 Å². The molecule has 0 aliphatic carbocycles. The predicted octanol–water partition coefficient (Wildman–Crippen LogP) is 0.593. The zero-order chi connectivity index (χ0) is 21.8. The lowest BCUT2D eigenvalue weighted by atomic mass is 10.0. The third kappa shape index (κ3) is 4.88. The summed E-state index contributed by atoms with van der Waals surface area (Å²) in [6.45, 7) is 4.68. The Morgan fingerprint density at radius 3 is 2.87 bits per heavy atom. The molecule has 2 saturated heterocycles. The molecule has 0 bridgehead atoms. The van der Waals surface area contributed by atoms with Crippen molar-refractivity contribution in [3.8, 4) is 0 Å². The van der Waals surface area contributed by atoms with Crippen LogP contribution in [0.4, 0.5) is 0 Å². The molecule has 2 amide bonds. The zero-order valence-electron chi connectivity index (χ0n) is 17.7. The third-order valence-corrected chi connectivity index (χ3v) is 6.80. The first kappa shape index (κ1) is 22.1. The first-order valence-corrected chi connectivity index (χ1v) is 11.3. The molecule has 0 unspecified atom stereocenters. The maximum Gasteiger partial charge on any atom is 0.264 e. The molecule has 0 radical (unpaired) electrons. The van der Waals surface area contributed by atoms with E-state index in [1.807, 2.05) is 17.0 Å². The highest BCUT2D eigenvalue weighted by atomic mass is 32.1. The highest BCUT2D eigenvalue weighted by molar-refractivity contribution is 7.20. The summed E-state index contributed by atoms with van der Waals surface area (Å²) in [6.07, 6.45) is 1.30. The van der Waals surface area contributed by atoms with Gasteiger partial charge in [-0.3, -0.25) is 14.5 Å². The Morgan fingerprint density at radius 1 is 1.29 bits per heavy atom. The van der Waals surface area contributed by atoms with Gasteiger partial charge in [-0.25, -0.2) is 4.98 Å². The maximum absolute atomic E-state index is 13.1. The Labute approximate surface area is 185 Å². The Hall–Kier alpha value is -2.11. The van der Waals surface area contributed by atoms with Crippen LogP contribution in [-0.2, 0) is 14.3 Å². The summed E-state index contributed by atoms with van der Waals surface area (Å²) in [5.41, 5.74) is 0.784. The quantitative estimate of drug-likeness (QED) is 0.691. The van der Waals surface area contributed by atoms with Gasteiger partial charge in [0.05, 0.1) is 39.5 Å². The number of carbonyl (C=O) groups excluding carboxylic acids is 2. The van der Waals surface area contributed by atoms with Gasteiger partial charge in [0.1, 0.15) is 15.8 Å². The van der Waals surface area contributed by atoms with Crippen LogP contribution >= 0.6 is 11.3 Å². The molecule has 0 aromatic carbocycles. The molecule has 2 aliphatic rings. The van der Waals surface area contributed by atoms with Crippen molar-refractivity contribution < 1.29 is 24.2 Å². The van der Waals surface area contributed by atoms with E-state index in [-0.39, 0.29) is 25.0 Å². The second kappa shape index (κ2) is 10.0. The maximum atomic E-state index is 13.1. The molecule has 4 rings (SSSR count). The number of amides is 2. The standard InChI is InChI=1S/C21H28N4O5S/c1-23(5-9-26)21(28)19-18(15-3-2-4-22-20(15)31-19)16-13-25(8-12-30-16)17(27)14-24-6-10-29-11-7-24/h2-4,16,26H,5-14H2,1H3/t16-/m0/s1. The molecule has 2 aromatic heterocycles. The Kier molecular flexibility index (Phi) is 7.13. The summed E-state index contributed by atoms with van der Waals surface area (Å²) in [6, 6.07) is 3.78. The van der Waals surface area contributed by atoms with Gasteiger partial charge >= 0.3 is 0 Å². The minimum Gasteiger partial charge on any atom is -0.395 e. The van der Waals surface area contributed by atoms with Crippen molar-refractivity contribution in [1.82, 2.24) is 19.7 Å². The van der Waals surface area contributed by atoms with Gasteiger partial charge in [-0.05, 0) is 6.07 Å². The summed E-state index contributed by atoms with van der Waals surface area (Å²) < 4.78 is 11.4. The van der Waals surface area contributed by atoms with Gasteiger partial charge in [0.2, 0.25) is 5.91 Å². The van der Waals surface area contributed by atoms with Gasteiger partial charge in [-0.15, -0.1) is 11.3 Å². The molecule has 168 valence electrons. The lowest BCUT2D eigenvalue weighted by Gasteiger charge is -2.35. The molecule has 0 saturated carbocycles. The number of hydrogen-bond acceptors (Lipinski definition) is 8. The van der Waals surface area contributed by atoms with Gasteiger partial charge in [0.25, 0.3) is 5.91 Å². The van der Waals surface area contributed by atoms with E-state index >= 15 is 0 Å². The van der Waals surface area contributed by atoms with Crippen LogP contribution in [0.15, 0.2) is 18.3 Å². The second-order valence-corrected chi connectivity index (χ2v) is 8.74. The van der Waals surface area contributed by atoms with E-state index in [1.54, 1.807) is 13.2 Å². The number of pyridine rings is 1. The number of thiophene rings is 1. The Morgan fingerprint density at radius 2 is 2.10 bits per heavy atom. The zero-order valence-corrected chi connectivity index (χ0v) is 18.5. The molecule has 10 heteroatoms. The van der Waals surface area contributed by atoms with E-state index in [9.17, 15) is 14.7 Å². The van der Waals surface area contributed by atoms with Crippen LogP contribution in [0.2, 0.25) is 0 Å². The first-order valence-electron chi connectivity index (χ1n) is 10.5. The molecular weight excluding hydrogens is 420 g/mol. The average molecular weight is 449 g/mol. The largest absolute Gasteiger partial charge is 0.395 e. The summed E-state index contributed by atoms with van der Waals surface area (Å²) in [7, 11) is 1.67. The van der Waals surface area contributed by atoms with Crippen molar-refractivity contribution in [2.45, 2.75) is 6.10 Å². The number of nitrogens with zero attached hydrogens (tertiary/aromatic N) is 4. The van der Waals surface area contributed by atoms with Crippen molar-refractivity contribution in [3.63, 3.8) is 0 Å². The number of ether oxygens (including phenoxy) is 2. The predicted molar refractivity (Wildman–Crippen MR) is 116 cm³/mol. The molecule has 1 atom stereocenters. The van der Waals surface area contributed by atoms with Crippen LogP contribution in [0.25, 0.3) is 10.2 Å². The third-order valence-electron chi connectivity index (χ3n) is 5.68. The minimum atomic E-state index is -0.401. The lowest BCUT2D eigenvalue weighted by Crippen LogP contribution is -2.48. The van der Waals surface area contributed by atoms with Crippen molar-refractivity contribution >= 4 is 33.4 Å². The van der Waals surface area contributed by atoms with Crippen LogP contribution in [-0.4, -0.2) is 109 Å². The van der Waals surface area contributed by atoms with Crippen LogP contribution in [0.3, 0.4) is 0 Å². The fraction of sp³-hybridized carbons (Fsp3) is 0.571. The van der Waals surface area contributed by atoms with Crippen LogP contribution < -0.4 is 0 Å². The second-order valence-electron chi connectivity index (χ2n) is 7.74.